The summed E-state index contributed by atoms with van der Waals surface area (Å²) in [7, 11) is 4.51. The summed E-state index contributed by atoms with van der Waals surface area (Å²) in [4.78, 5) is 12.5. The monoisotopic (exact) mass is 318 g/mol. The lowest BCUT2D eigenvalue weighted by molar-refractivity contribution is -0.938. The highest BCUT2D eigenvalue weighted by Gasteiger charge is 2.70. The molecule has 2 bridgehead atoms. The van der Waals surface area contributed by atoms with E-state index in [-0.39, 0.29) is 18.7 Å². The smallest absolute Gasteiger partial charge is 0.316 e. The lowest BCUT2D eigenvalue weighted by Crippen LogP contribution is -2.60. The summed E-state index contributed by atoms with van der Waals surface area (Å²) in [6.07, 6.45) is 2.34. The number of aliphatic hydroxyl groups is 1. The maximum Gasteiger partial charge on any atom is 0.316 e. The average Bonchev–Trinajstić information content (AvgIpc) is 3.27. The largest absolute Gasteiger partial charge is 0.461 e. The van der Waals surface area contributed by atoms with Crippen LogP contribution in [0.15, 0.2) is 30.3 Å². The third-order valence-electron chi connectivity index (χ3n) is 5.99. The van der Waals surface area contributed by atoms with Gasteiger partial charge in [-0.1, -0.05) is 30.3 Å². The Balaban J connectivity index is 1.44. The molecule has 0 saturated carbocycles. The lowest BCUT2D eigenvalue weighted by atomic mass is 9.95. The van der Waals surface area contributed by atoms with Gasteiger partial charge in [0.05, 0.1) is 20.7 Å². The van der Waals surface area contributed by atoms with E-state index in [9.17, 15) is 9.90 Å². The predicted molar refractivity (Wildman–Crippen MR) is 83.7 cm³/mol. The highest BCUT2D eigenvalue weighted by atomic mass is 16.6. The first-order valence-corrected chi connectivity index (χ1v) is 8.37. The molecule has 0 radical (unpaired) electrons. The number of epoxide rings is 1. The molecule has 1 N–H and O–H groups in total. The Morgan fingerprint density at radius 3 is 2.43 bits per heavy atom. The van der Waals surface area contributed by atoms with Gasteiger partial charge in [-0.2, -0.15) is 0 Å². The van der Waals surface area contributed by atoms with Crippen molar-refractivity contribution in [2.24, 2.45) is 0 Å². The number of hydrogen-bond donors (Lipinski definition) is 1. The number of rotatable bonds is 4. The number of benzene rings is 1. The molecule has 1 aromatic rings. The van der Waals surface area contributed by atoms with Crippen LogP contribution in [0, 0.1) is 0 Å². The first-order chi connectivity index (χ1) is 11.0. The Hall–Kier alpha value is -1.43. The van der Waals surface area contributed by atoms with Gasteiger partial charge in [0.1, 0.15) is 36.3 Å². The summed E-state index contributed by atoms with van der Waals surface area (Å²) in [5.74, 6) is -0.908. The first-order valence-electron chi connectivity index (χ1n) is 8.37. The molecule has 3 saturated heterocycles. The number of morpholine rings is 1. The van der Waals surface area contributed by atoms with Crippen LogP contribution < -0.4 is 0 Å². The topological polar surface area (TPSA) is 59.1 Å². The summed E-state index contributed by atoms with van der Waals surface area (Å²) in [5.41, 5.74) is 0.807. The van der Waals surface area contributed by atoms with Crippen molar-refractivity contribution in [1.82, 2.24) is 0 Å². The van der Waals surface area contributed by atoms with Crippen LogP contribution in [0.3, 0.4) is 0 Å². The molecule has 124 valence electrons. The minimum Gasteiger partial charge on any atom is -0.461 e. The Kier molecular flexibility index (Phi) is 3.48. The van der Waals surface area contributed by atoms with Gasteiger partial charge >= 0.3 is 5.97 Å². The zero-order valence-electron chi connectivity index (χ0n) is 13.6. The number of esters is 1. The van der Waals surface area contributed by atoms with Gasteiger partial charge in [-0.05, 0) is 5.56 Å². The molecule has 0 spiro atoms. The summed E-state index contributed by atoms with van der Waals surface area (Å²) in [6, 6.07) is 10.2. The highest BCUT2D eigenvalue weighted by molar-refractivity contribution is 5.78. The van der Waals surface area contributed by atoms with Gasteiger partial charge in [0.2, 0.25) is 0 Å². The van der Waals surface area contributed by atoms with E-state index < -0.39 is 5.92 Å². The second kappa shape index (κ2) is 5.30. The molecule has 5 nitrogen and oxygen atoms in total. The van der Waals surface area contributed by atoms with Crippen molar-refractivity contribution in [1.29, 1.82) is 0 Å². The van der Waals surface area contributed by atoms with Crippen LogP contribution in [-0.4, -0.2) is 66.7 Å². The fourth-order valence-electron chi connectivity index (χ4n) is 4.55. The molecule has 0 aromatic heterocycles. The van der Waals surface area contributed by atoms with E-state index in [0.717, 1.165) is 22.9 Å². The number of fused-ring (bicyclic) bond motifs is 5. The molecule has 5 heteroatoms. The minimum absolute atomic E-state index is 0.0576. The molecule has 0 unspecified atom stereocenters. The standard InChI is InChI=1S/C18H24NO4/c1-19(2)14-8-12(9-15(19)17-16(14)23-17)22-18(21)13(10-20)11-6-4-3-5-7-11/h3-7,12-17,20H,8-10H2,1-2H3/q+1/t12-,13-,14+,15-,16-,17+/m0/s1. The highest BCUT2D eigenvalue weighted by Crippen LogP contribution is 2.51. The van der Waals surface area contributed by atoms with Crippen molar-refractivity contribution >= 4 is 5.97 Å². The summed E-state index contributed by atoms with van der Waals surface area (Å²) < 4.78 is 12.5. The lowest BCUT2D eigenvalue weighted by Gasteiger charge is -2.45. The zero-order valence-corrected chi connectivity index (χ0v) is 13.6. The van der Waals surface area contributed by atoms with E-state index in [0.29, 0.717) is 24.3 Å². The van der Waals surface area contributed by atoms with Crippen molar-refractivity contribution in [2.45, 2.75) is 49.2 Å². The Morgan fingerprint density at radius 1 is 1.26 bits per heavy atom. The normalized spacial score (nSPS) is 37.8. The Morgan fingerprint density at radius 2 is 1.87 bits per heavy atom. The fraction of sp³-hybridized carbons (Fsp3) is 0.611. The van der Waals surface area contributed by atoms with E-state index in [2.05, 4.69) is 14.1 Å². The van der Waals surface area contributed by atoms with E-state index in [1.165, 1.54) is 0 Å². The predicted octanol–water partition coefficient (Wildman–Crippen LogP) is 1.06. The molecule has 3 aliphatic rings. The quantitative estimate of drug-likeness (QED) is 0.512. The van der Waals surface area contributed by atoms with Crippen LogP contribution in [0.25, 0.3) is 0 Å². The van der Waals surface area contributed by atoms with Crippen molar-refractivity contribution in [2.75, 3.05) is 20.7 Å². The van der Waals surface area contributed by atoms with Crippen LogP contribution >= 0.6 is 0 Å². The molecule has 0 amide bonds. The molecule has 23 heavy (non-hydrogen) atoms. The molecule has 3 aliphatic heterocycles. The molecule has 0 aliphatic carbocycles. The van der Waals surface area contributed by atoms with E-state index >= 15 is 0 Å². The number of carbonyl (C=O) groups excluding carboxylic acids is 1. The molecular formula is C18H24NO4+. The van der Waals surface area contributed by atoms with Gasteiger partial charge in [0, 0.05) is 12.8 Å². The van der Waals surface area contributed by atoms with Crippen molar-refractivity contribution in [3.05, 3.63) is 35.9 Å². The number of piperidine rings is 1. The second-order valence-corrected chi connectivity index (χ2v) is 7.51. The average molecular weight is 318 g/mol. The minimum atomic E-state index is -0.593. The zero-order chi connectivity index (χ0) is 16.2. The molecule has 1 aromatic carbocycles. The maximum absolute atomic E-state index is 12.5. The van der Waals surface area contributed by atoms with Crippen LogP contribution in [-0.2, 0) is 14.3 Å². The number of nitrogens with zero attached hydrogens (tertiary/aromatic N) is 1. The van der Waals surface area contributed by atoms with Gasteiger partial charge in [-0.15, -0.1) is 0 Å². The number of quaternary nitrogens is 1. The number of hydrogen-bond acceptors (Lipinski definition) is 4. The molecule has 3 fully saturated rings. The van der Waals surface area contributed by atoms with Gasteiger partial charge in [-0.25, -0.2) is 0 Å². The SMILES string of the molecule is C[N+]1(C)[C@@H]2C[C@H](OC(=O)[C@@H](CO)c3ccccc3)C[C@H]1[C@H]1O[C@H]12. The third kappa shape index (κ3) is 2.38. The van der Waals surface area contributed by atoms with Crippen molar-refractivity contribution in [3.63, 3.8) is 0 Å². The summed E-state index contributed by atoms with van der Waals surface area (Å²) in [5, 5.41) is 9.60. The molecular weight excluding hydrogens is 294 g/mol. The summed E-state index contributed by atoms with van der Waals surface area (Å²) >= 11 is 0. The van der Waals surface area contributed by atoms with Crippen LogP contribution in [0.1, 0.15) is 24.3 Å². The van der Waals surface area contributed by atoms with Crippen LogP contribution in [0.2, 0.25) is 0 Å². The van der Waals surface area contributed by atoms with Crippen LogP contribution in [0.4, 0.5) is 0 Å². The van der Waals surface area contributed by atoms with Gasteiger partial charge in [0.25, 0.3) is 0 Å². The van der Waals surface area contributed by atoms with Gasteiger partial charge in [-0.3, -0.25) is 4.79 Å². The van der Waals surface area contributed by atoms with E-state index in [1.807, 2.05) is 30.3 Å². The van der Waals surface area contributed by atoms with E-state index in [1.54, 1.807) is 0 Å². The van der Waals surface area contributed by atoms with Gasteiger partial charge in [0.15, 0.2) is 0 Å². The first kappa shape index (κ1) is 15.1. The maximum atomic E-state index is 12.5. The molecule has 4 rings (SSSR count). The number of carbonyl (C=O) groups is 1. The van der Waals surface area contributed by atoms with Crippen molar-refractivity contribution < 1.29 is 23.9 Å². The molecule has 3 heterocycles. The fourth-order valence-corrected chi connectivity index (χ4v) is 4.55. The number of aliphatic hydroxyl groups excluding tert-OH is 1. The Bertz CT molecular complexity index is 582. The second-order valence-electron chi connectivity index (χ2n) is 7.51. The van der Waals surface area contributed by atoms with E-state index in [4.69, 9.17) is 9.47 Å². The number of ether oxygens (including phenoxy) is 2. The summed E-state index contributed by atoms with van der Waals surface area (Å²) in [6.45, 7) is -0.224. The van der Waals surface area contributed by atoms with Gasteiger partial charge < -0.3 is 19.1 Å². The number of likely N-dealkylation sites (N-methyl/N-ethyl adjacent to an activating group) is 1. The third-order valence-corrected chi connectivity index (χ3v) is 5.99. The molecule has 6 atom stereocenters. The van der Waals surface area contributed by atoms with Crippen LogP contribution in [0.5, 0.6) is 0 Å². The Labute approximate surface area is 136 Å². The van der Waals surface area contributed by atoms with Crippen molar-refractivity contribution in [3.8, 4) is 0 Å².